The fourth-order valence-corrected chi connectivity index (χ4v) is 3.45. The van der Waals surface area contributed by atoms with Gasteiger partial charge >= 0.3 is 0 Å². The van der Waals surface area contributed by atoms with Gasteiger partial charge in [0.05, 0.1) is 0 Å². The van der Waals surface area contributed by atoms with E-state index >= 15 is 0 Å². The summed E-state index contributed by atoms with van der Waals surface area (Å²) in [6, 6.07) is 1.16. The molecule has 0 aromatic carbocycles. The van der Waals surface area contributed by atoms with Gasteiger partial charge in [0.25, 0.3) is 0 Å². The van der Waals surface area contributed by atoms with E-state index in [2.05, 4.69) is 25.8 Å². The van der Waals surface area contributed by atoms with E-state index in [1.54, 1.807) is 0 Å². The average molecular weight is 297 g/mol. The summed E-state index contributed by atoms with van der Waals surface area (Å²) in [7, 11) is 2.32. The zero-order valence-corrected chi connectivity index (χ0v) is 14.9. The lowest BCUT2D eigenvalue weighted by molar-refractivity contribution is 0.198. The molecule has 0 spiro atoms. The molecule has 1 aliphatic rings. The first-order valence-corrected chi connectivity index (χ1v) is 9.57. The van der Waals surface area contributed by atoms with Gasteiger partial charge in [0.1, 0.15) is 0 Å². The Kier molecular flexibility index (Phi) is 10.4. The van der Waals surface area contributed by atoms with Gasteiger partial charge in [0.2, 0.25) is 0 Å². The van der Waals surface area contributed by atoms with Gasteiger partial charge in [-0.1, -0.05) is 71.6 Å². The predicted molar refractivity (Wildman–Crippen MR) is 94.6 cm³/mol. The van der Waals surface area contributed by atoms with E-state index in [0.717, 1.165) is 12.5 Å². The molecule has 2 N–H and O–H groups in total. The third kappa shape index (κ3) is 8.83. The quantitative estimate of drug-likeness (QED) is 0.776. The third-order valence-electron chi connectivity index (χ3n) is 5.37. The molecule has 21 heavy (non-hydrogen) atoms. The minimum Gasteiger partial charge on any atom is -0.327 e. The Morgan fingerprint density at radius 3 is 1.71 bits per heavy atom. The molecule has 1 fully saturated rings. The van der Waals surface area contributed by atoms with Crippen LogP contribution in [0.2, 0.25) is 0 Å². The van der Waals surface area contributed by atoms with Crippen molar-refractivity contribution in [1.82, 2.24) is 4.90 Å². The van der Waals surface area contributed by atoms with Gasteiger partial charge in [-0.15, -0.1) is 0 Å². The number of hydrogen-bond acceptors (Lipinski definition) is 2. The maximum absolute atomic E-state index is 6.21. The smallest absolute Gasteiger partial charge is 0.00922 e. The molecule has 0 aromatic heterocycles. The van der Waals surface area contributed by atoms with Crippen molar-refractivity contribution in [2.75, 3.05) is 13.6 Å². The van der Waals surface area contributed by atoms with Gasteiger partial charge < -0.3 is 10.6 Å². The van der Waals surface area contributed by atoms with Gasteiger partial charge in [-0.3, -0.25) is 0 Å². The highest BCUT2D eigenvalue weighted by atomic mass is 15.1. The predicted octanol–water partition coefficient (Wildman–Crippen LogP) is 4.96. The molecule has 0 heterocycles. The van der Waals surface area contributed by atoms with Crippen molar-refractivity contribution in [3.8, 4) is 0 Å². The van der Waals surface area contributed by atoms with Crippen molar-refractivity contribution < 1.29 is 0 Å². The molecule has 0 aromatic rings. The van der Waals surface area contributed by atoms with E-state index in [0.29, 0.717) is 12.0 Å². The summed E-state index contributed by atoms with van der Waals surface area (Å²) in [5.41, 5.74) is 6.21. The standard InChI is InChI=1S/C19H40N2/c1-17(2)19(20)15-16-21(3)18-13-11-9-7-5-4-6-8-10-12-14-18/h17-19H,4-16,20H2,1-3H3. The molecular weight excluding hydrogens is 256 g/mol. The number of nitrogens with two attached hydrogens (primary N) is 1. The Hall–Kier alpha value is -0.0800. The highest BCUT2D eigenvalue weighted by Gasteiger charge is 2.16. The van der Waals surface area contributed by atoms with Gasteiger partial charge in [0, 0.05) is 12.1 Å². The van der Waals surface area contributed by atoms with Gasteiger partial charge in [-0.25, -0.2) is 0 Å². The summed E-state index contributed by atoms with van der Waals surface area (Å²) in [6.45, 7) is 5.64. The zero-order valence-electron chi connectivity index (χ0n) is 14.9. The average Bonchev–Trinajstić information content (AvgIpc) is 2.44. The highest BCUT2D eigenvalue weighted by Crippen LogP contribution is 2.20. The zero-order chi connectivity index (χ0) is 15.5. The molecular formula is C19H40N2. The van der Waals surface area contributed by atoms with Crippen molar-refractivity contribution in [3.05, 3.63) is 0 Å². The largest absolute Gasteiger partial charge is 0.327 e. The first-order valence-electron chi connectivity index (χ1n) is 9.57. The molecule has 0 radical (unpaired) electrons. The summed E-state index contributed by atoms with van der Waals surface area (Å²) < 4.78 is 0. The Morgan fingerprint density at radius 2 is 1.29 bits per heavy atom. The lowest BCUT2D eigenvalue weighted by Gasteiger charge is -2.30. The molecule has 0 bridgehead atoms. The molecule has 0 amide bonds. The Balaban J connectivity index is 2.35. The molecule has 0 aliphatic heterocycles. The second-order valence-electron chi connectivity index (χ2n) is 7.59. The minimum absolute atomic E-state index is 0.360. The van der Waals surface area contributed by atoms with Crippen LogP contribution in [-0.2, 0) is 0 Å². The van der Waals surface area contributed by atoms with Crippen LogP contribution in [-0.4, -0.2) is 30.6 Å². The summed E-state index contributed by atoms with van der Waals surface area (Å²) >= 11 is 0. The highest BCUT2D eigenvalue weighted by molar-refractivity contribution is 4.73. The molecule has 1 rings (SSSR count). The van der Waals surface area contributed by atoms with Crippen LogP contribution in [0.5, 0.6) is 0 Å². The summed E-state index contributed by atoms with van der Waals surface area (Å²) in [6.07, 6.45) is 17.0. The molecule has 1 saturated carbocycles. The topological polar surface area (TPSA) is 29.3 Å². The van der Waals surface area contributed by atoms with Gasteiger partial charge in [0.15, 0.2) is 0 Å². The molecule has 126 valence electrons. The van der Waals surface area contributed by atoms with Crippen LogP contribution in [0.1, 0.15) is 90.9 Å². The lowest BCUT2D eigenvalue weighted by atomic mass is 9.96. The maximum Gasteiger partial charge on any atom is 0.00922 e. The second-order valence-corrected chi connectivity index (χ2v) is 7.59. The fourth-order valence-electron chi connectivity index (χ4n) is 3.45. The van der Waals surface area contributed by atoms with E-state index in [9.17, 15) is 0 Å². The van der Waals surface area contributed by atoms with Gasteiger partial charge in [-0.2, -0.15) is 0 Å². The van der Waals surface area contributed by atoms with E-state index in [1.807, 2.05) is 0 Å². The number of nitrogens with zero attached hydrogens (tertiary/aromatic N) is 1. The molecule has 1 aliphatic carbocycles. The lowest BCUT2D eigenvalue weighted by Crippen LogP contribution is -2.37. The molecule has 0 saturated heterocycles. The first-order chi connectivity index (χ1) is 10.1. The normalized spacial score (nSPS) is 22.0. The maximum atomic E-state index is 6.21. The van der Waals surface area contributed by atoms with Crippen LogP contribution < -0.4 is 5.73 Å². The SMILES string of the molecule is CC(C)C(N)CCN(C)C1CCCCCCCCCCC1. The molecule has 1 atom stereocenters. The van der Waals surface area contributed by atoms with Crippen molar-refractivity contribution in [1.29, 1.82) is 0 Å². The fraction of sp³-hybridized carbons (Fsp3) is 1.00. The monoisotopic (exact) mass is 296 g/mol. The van der Waals surface area contributed by atoms with E-state index in [-0.39, 0.29) is 0 Å². The van der Waals surface area contributed by atoms with E-state index < -0.39 is 0 Å². The van der Waals surface area contributed by atoms with Gasteiger partial charge in [-0.05, 0) is 38.8 Å². The Labute approximate surface area is 133 Å². The summed E-state index contributed by atoms with van der Waals surface area (Å²) in [5.74, 6) is 0.606. The van der Waals surface area contributed by atoms with E-state index in [4.69, 9.17) is 5.73 Å². The molecule has 1 unspecified atom stereocenters. The van der Waals surface area contributed by atoms with Crippen molar-refractivity contribution >= 4 is 0 Å². The summed E-state index contributed by atoms with van der Waals surface area (Å²) in [5, 5.41) is 0. The van der Waals surface area contributed by atoms with Crippen molar-refractivity contribution in [3.63, 3.8) is 0 Å². The van der Waals surface area contributed by atoms with E-state index in [1.165, 1.54) is 77.2 Å². The van der Waals surface area contributed by atoms with Crippen LogP contribution in [0, 0.1) is 5.92 Å². The molecule has 2 heteroatoms. The van der Waals surface area contributed by atoms with Crippen LogP contribution in [0.15, 0.2) is 0 Å². The summed E-state index contributed by atoms with van der Waals surface area (Å²) in [4.78, 5) is 2.61. The van der Waals surface area contributed by atoms with Crippen LogP contribution in [0.4, 0.5) is 0 Å². The van der Waals surface area contributed by atoms with Crippen LogP contribution in [0.25, 0.3) is 0 Å². The van der Waals surface area contributed by atoms with Crippen LogP contribution >= 0.6 is 0 Å². The van der Waals surface area contributed by atoms with Crippen LogP contribution in [0.3, 0.4) is 0 Å². The van der Waals surface area contributed by atoms with Crippen molar-refractivity contribution in [2.24, 2.45) is 11.7 Å². The Bertz CT molecular complexity index is 228. The minimum atomic E-state index is 0.360. The number of rotatable bonds is 5. The number of hydrogen-bond donors (Lipinski definition) is 1. The first kappa shape index (κ1) is 19.0. The molecule has 2 nitrogen and oxygen atoms in total. The Morgan fingerprint density at radius 1 is 0.857 bits per heavy atom. The van der Waals surface area contributed by atoms with Crippen molar-refractivity contribution in [2.45, 2.75) is 103 Å². The third-order valence-corrected chi connectivity index (χ3v) is 5.37. The second kappa shape index (κ2) is 11.5.